The summed E-state index contributed by atoms with van der Waals surface area (Å²) in [6, 6.07) is 2.32. The second-order valence-corrected chi connectivity index (χ2v) is 7.57. The van der Waals surface area contributed by atoms with Gasteiger partial charge in [-0.1, -0.05) is 18.5 Å². The Morgan fingerprint density at radius 3 is 2.89 bits per heavy atom. The Morgan fingerprint density at radius 1 is 1.61 bits per heavy atom. The molecule has 5 heteroatoms. The summed E-state index contributed by atoms with van der Waals surface area (Å²) in [6.45, 7) is 5.33. The highest BCUT2D eigenvalue weighted by atomic mass is 79.9. The van der Waals surface area contributed by atoms with E-state index in [9.17, 15) is 0 Å². The van der Waals surface area contributed by atoms with Gasteiger partial charge in [-0.3, -0.25) is 0 Å². The maximum Gasteiger partial charge on any atom is 0.0888 e. The first-order valence-corrected chi connectivity index (χ1v) is 8.44. The normalized spacial score (nSPS) is 25.6. The van der Waals surface area contributed by atoms with Crippen molar-refractivity contribution in [3.8, 4) is 0 Å². The molecule has 2 heterocycles. The summed E-state index contributed by atoms with van der Waals surface area (Å²) in [5.41, 5.74) is 0. The van der Waals surface area contributed by atoms with E-state index < -0.39 is 0 Å². The molecule has 0 bridgehead atoms. The van der Waals surface area contributed by atoms with Gasteiger partial charge < -0.3 is 10.1 Å². The number of hydrogen-bond acceptors (Lipinski definition) is 3. The fraction of sp³-hybridized carbons (Fsp3) is 0.692. The summed E-state index contributed by atoms with van der Waals surface area (Å²) in [7, 11) is 0. The van der Waals surface area contributed by atoms with E-state index in [4.69, 9.17) is 16.3 Å². The van der Waals surface area contributed by atoms with Crippen LogP contribution in [0.1, 0.15) is 44.0 Å². The second kappa shape index (κ2) is 6.71. The third-order valence-corrected chi connectivity index (χ3v) is 5.78. The molecule has 0 radical (unpaired) electrons. The van der Waals surface area contributed by atoms with E-state index in [2.05, 4.69) is 41.2 Å². The van der Waals surface area contributed by atoms with Crippen LogP contribution in [-0.2, 0) is 4.74 Å². The number of halogens is 2. The van der Waals surface area contributed by atoms with Crippen molar-refractivity contribution in [1.82, 2.24) is 5.32 Å². The van der Waals surface area contributed by atoms with Gasteiger partial charge in [-0.15, -0.1) is 11.3 Å². The largest absolute Gasteiger partial charge is 0.373 e. The highest BCUT2D eigenvalue weighted by molar-refractivity contribution is 9.11. The Balaban J connectivity index is 2.13. The zero-order valence-corrected chi connectivity index (χ0v) is 13.9. The monoisotopic (exact) mass is 351 g/mol. The van der Waals surface area contributed by atoms with Gasteiger partial charge in [0.15, 0.2) is 0 Å². The lowest BCUT2D eigenvalue weighted by molar-refractivity contribution is 0.0324. The quantitative estimate of drug-likeness (QED) is 0.824. The lowest BCUT2D eigenvalue weighted by Crippen LogP contribution is -2.32. The molecule has 1 aromatic rings. The van der Waals surface area contributed by atoms with E-state index in [0.29, 0.717) is 6.10 Å². The Labute approximate surface area is 126 Å². The third-order valence-electron chi connectivity index (χ3n) is 3.22. The van der Waals surface area contributed by atoms with Crippen LogP contribution in [0.25, 0.3) is 0 Å². The number of nitrogens with one attached hydrogen (secondary N) is 1. The van der Waals surface area contributed by atoms with Crippen molar-refractivity contribution in [3.63, 3.8) is 0 Å². The van der Waals surface area contributed by atoms with Crippen LogP contribution in [0.4, 0.5) is 0 Å². The Morgan fingerprint density at radius 2 is 2.39 bits per heavy atom. The summed E-state index contributed by atoms with van der Waals surface area (Å²) in [4.78, 5) is 1.26. The van der Waals surface area contributed by atoms with Gasteiger partial charge in [0.25, 0.3) is 0 Å². The minimum absolute atomic E-state index is 0.267. The molecule has 1 N–H and O–H groups in total. The molecule has 0 spiro atoms. The highest BCUT2D eigenvalue weighted by Crippen LogP contribution is 2.39. The predicted molar refractivity (Wildman–Crippen MR) is 81.6 cm³/mol. The van der Waals surface area contributed by atoms with E-state index in [1.165, 1.54) is 4.88 Å². The average Bonchev–Trinajstić information content (AvgIpc) is 2.88. The zero-order valence-electron chi connectivity index (χ0n) is 10.7. The molecule has 0 amide bonds. The molecule has 3 atom stereocenters. The Bertz CT molecular complexity index is 379. The molecule has 0 saturated carbocycles. The molecule has 1 aliphatic heterocycles. The molecular weight excluding hydrogens is 334 g/mol. The Hall–Kier alpha value is 0.390. The first kappa shape index (κ1) is 14.8. The molecule has 0 aromatic carbocycles. The van der Waals surface area contributed by atoms with E-state index in [-0.39, 0.29) is 12.1 Å². The summed E-state index contributed by atoms with van der Waals surface area (Å²) < 4.78 is 7.02. The van der Waals surface area contributed by atoms with Crippen molar-refractivity contribution in [3.05, 3.63) is 19.8 Å². The molecule has 2 nitrogen and oxygen atoms in total. The van der Waals surface area contributed by atoms with Gasteiger partial charge in [0.1, 0.15) is 0 Å². The molecular formula is C13H19BrClNOS. The summed E-state index contributed by atoms with van der Waals surface area (Å²) in [5.74, 6) is 0. The number of hydrogen-bond donors (Lipinski definition) is 1. The van der Waals surface area contributed by atoms with Gasteiger partial charge in [-0.25, -0.2) is 0 Å². The van der Waals surface area contributed by atoms with Crippen LogP contribution in [0.3, 0.4) is 0 Å². The van der Waals surface area contributed by atoms with Crippen LogP contribution in [0, 0.1) is 0 Å². The van der Waals surface area contributed by atoms with Gasteiger partial charge >= 0.3 is 0 Å². The summed E-state index contributed by atoms with van der Waals surface area (Å²) in [6.07, 6.45) is 4.04. The van der Waals surface area contributed by atoms with Crippen LogP contribution >= 0.6 is 38.9 Å². The summed E-state index contributed by atoms with van der Waals surface area (Å²) in [5, 5.41) is 4.39. The van der Waals surface area contributed by atoms with Crippen molar-refractivity contribution in [1.29, 1.82) is 0 Å². The highest BCUT2D eigenvalue weighted by Gasteiger charge is 2.31. The SMILES string of the molecule is CCCNC(c1cc(Cl)c(Br)s1)C1CCC(C)O1. The molecule has 0 aliphatic carbocycles. The average molecular weight is 353 g/mol. The van der Waals surface area contributed by atoms with Gasteiger partial charge in [0, 0.05) is 4.88 Å². The van der Waals surface area contributed by atoms with Gasteiger partial charge in [0.05, 0.1) is 27.1 Å². The standard InChI is InChI=1S/C13H19BrClNOS/c1-3-6-16-12(10-5-4-8(2)17-10)11-7-9(15)13(14)18-11/h7-8,10,12,16H,3-6H2,1-2H3. The van der Waals surface area contributed by atoms with Gasteiger partial charge in [-0.2, -0.15) is 0 Å². The van der Waals surface area contributed by atoms with Crippen LogP contribution < -0.4 is 5.32 Å². The van der Waals surface area contributed by atoms with Crippen molar-refractivity contribution >= 4 is 38.9 Å². The zero-order chi connectivity index (χ0) is 13.1. The maximum absolute atomic E-state index is 6.14. The number of thiophene rings is 1. The van der Waals surface area contributed by atoms with Crippen LogP contribution in [0.15, 0.2) is 9.85 Å². The first-order chi connectivity index (χ1) is 8.61. The molecule has 1 saturated heterocycles. The second-order valence-electron chi connectivity index (χ2n) is 4.76. The maximum atomic E-state index is 6.14. The summed E-state index contributed by atoms with van der Waals surface area (Å²) >= 11 is 11.3. The smallest absolute Gasteiger partial charge is 0.0888 e. The molecule has 3 unspecified atom stereocenters. The van der Waals surface area contributed by atoms with Crippen LogP contribution in [0.2, 0.25) is 5.02 Å². The molecule has 1 aromatic heterocycles. The lowest BCUT2D eigenvalue weighted by atomic mass is 10.1. The van der Waals surface area contributed by atoms with E-state index in [1.54, 1.807) is 11.3 Å². The van der Waals surface area contributed by atoms with Crippen molar-refractivity contribution < 1.29 is 4.74 Å². The van der Waals surface area contributed by atoms with E-state index >= 15 is 0 Å². The predicted octanol–water partition coefficient (Wildman–Crippen LogP) is 4.77. The molecule has 102 valence electrons. The number of rotatable bonds is 5. The topological polar surface area (TPSA) is 21.3 Å². The number of ether oxygens (including phenoxy) is 1. The van der Waals surface area contributed by atoms with E-state index in [0.717, 1.165) is 34.6 Å². The fourth-order valence-electron chi connectivity index (χ4n) is 2.31. The molecule has 1 aliphatic rings. The van der Waals surface area contributed by atoms with Crippen molar-refractivity contribution in [2.45, 2.75) is 51.4 Å². The first-order valence-electron chi connectivity index (χ1n) is 6.45. The molecule has 18 heavy (non-hydrogen) atoms. The van der Waals surface area contributed by atoms with Crippen molar-refractivity contribution in [2.75, 3.05) is 6.54 Å². The minimum Gasteiger partial charge on any atom is -0.373 e. The van der Waals surface area contributed by atoms with Crippen LogP contribution in [-0.4, -0.2) is 18.8 Å². The molecule has 1 fully saturated rings. The third kappa shape index (κ3) is 3.48. The van der Waals surface area contributed by atoms with E-state index in [1.807, 2.05) is 0 Å². The lowest BCUT2D eigenvalue weighted by Gasteiger charge is -2.23. The molecule has 2 rings (SSSR count). The Kier molecular flexibility index (Phi) is 5.51. The van der Waals surface area contributed by atoms with Crippen LogP contribution in [0.5, 0.6) is 0 Å². The van der Waals surface area contributed by atoms with Crippen molar-refractivity contribution in [2.24, 2.45) is 0 Å². The fourth-order valence-corrected chi connectivity index (χ4v) is 4.19. The van der Waals surface area contributed by atoms with Gasteiger partial charge in [0.2, 0.25) is 0 Å². The van der Waals surface area contributed by atoms with Gasteiger partial charge in [-0.05, 0) is 54.7 Å². The minimum atomic E-state index is 0.267.